The Morgan fingerprint density at radius 2 is 0.923 bits per heavy atom. The van der Waals surface area contributed by atoms with Gasteiger partial charge in [0.15, 0.2) is 0 Å². The van der Waals surface area contributed by atoms with Crippen molar-refractivity contribution in [2.45, 2.75) is 6.42 Å². The van der Waals surface area contributed by atoms with E-state index >= 15 is 0 Å². The zero-order valence-corrected chi connectivity index (χ0v) is 14.4. The summed E-state index contributed by atoms with van der Waals surface area (Å²) in [5.41, 5.74) is 0. The topological polar surface area (TPSA) is 102 Å². The number of hydrogen-bond acceptors (Lipinski definition) is 7. The van der Waals surface area contributed by atoms with Crippen molar-refractivity contribution in [1.29, 1.82) is 0 Å². The lowest BCUT2D eigenvalue weighted by Crippen LogP contribution is -2.33. The summed E-state index contributed by atoms with van der Waals surface area (Å²) in [6.07, 6.45) is 5.57. The van der Waals surface area contributed by atoms with Gasteiger partial charge in [-0.2, -0.15) is 0 Å². The Kier molecular flexibility index (Phi) is 8.13. The van der Waals surface area contributed by atoms with Crippen molar-refractivity contribution in [2.75, 3.05) is 52.7 Å². The summed E-state index contributed by atoms with van der Waals surface area (Å²) >= 11 is 0. The molecule has 0 aromatic carbocycles. The first-order valence-electron chi connectivity index (χ1n) is 8.40. The molecule has 2 rings (SSSR count). The molecule has 9 heteroatoms. The fourth-order valence-electron chi connectivity index (χ4n) is 2.33. The Labute approximate surface area is 151 Å². The highest BCUT2D eigenvalue weighted by Crippen LogP contribution is 2.04. The molecule has 0 spiro atoms. The van der Waals surface area contributed by atoms with Crippen molar-refractivity contribution in [3.05, 3.63) is 24.3 Å². The Bertz CT molecular complexity index is 512. The molecule has 0 saturated carbocycles. The molecule has 2 aliphatic rings. The zero-order chi connectivity index (χ0) is 18.8. The predicted octanol–water partition coefficient (Wildman–Crippen LogP) is -0.724. The molecule has 26 heavy (non-hydrogen) atoms. The molecular formula is C17H22N2O7. The molecule has 142 valence electrons. The van der Waals surface area contributed by atoms with Gasteiger partial charge >= 0.3 is 0 Å². The third-order valence-electron chi connectivity index (χ3n) is 3.67. The summed E-state index contributed by atoms with van der Waals surface area (Å²) in [5.74, 6) is -1.20. The molecule has 0 N–H and O–H groups in total. The second kappa shape index (κ2) is 10.6. The van der Waals surface area contributed by atoms with Crippen LogP contribution in [0.3, 0.4) is 0 Å². The summed E-state index contributed by atoms with van der Waals surface area (Å²) in [4.78, 5) is 47.5. The van der Waals surface area contributed by atoms with E-state index in [9.17, 15) is 19.2 Å². The minimum atomic E-state index is -0.318. The molecule has 0 atom stereocenters. The van der Waals surface area contributed by atoms with E-state index in [0.29, 0.717) is 46.0 Å². The molecule has 0 fully saturated rings. The molecule has 4 amide bonds. The van der Waals surface area contributed by atoms with E-state index in [4.69, 9.17) is 14.2 Å². The molecule has 0 saturated heterocycles. The van der Waals surface area contributed by atoms with E-state index in [0.717, 1.165) is 4.90 Å². The Morgan fingerprint density at radius 1 is 0.538 bits per heavy atom. The van der Waals surface area contributed by atoms with Gasteiger partial charge in [-0.15, -0.1) is 0 Å². The largest absolute Gasteiger partial charge is 0.379 e. The second-order valence-corrected chi connectivity index (χ2v) is 5.51. The van der Waals surface area contributed by atoms with Gasteiger partial charge in [-0.25, -0.2) is 0 Å². The molecule has 0 aromatic heterocycles. The van der Waals surface area contributed by atoms with Crippen LogP contribution in [0.4, 0.5) is 0 Å². The van der Waals surface area contributed by atoms with Crippen LogP contribution in [0.25, 0.3) is 0 Å². The highest BCUT2D eigenvalue weighted by Gasteiger charge is 2.23. The standard InChI is InChI=1S/C17H22N2O7/c20-14-2-3-15(21)18(14)6-1-8-24-10-12-26-13-11-25-9-7-19-16(22)4-5-17(19)23/h2-5H,1,6-13H2. The average molecular weight is 366 g/mol. The number of carbonyl (C=O) groups excluding carboxylic acids is 4. The summed E-state index contributed by atoms with van der Waals surface area (Å²) in [7, 11) is 0. The molecular weight excluding hydrogens is 344 g/mol. The fourth-order valence-corrected chi connectivity index (χ4v) is 2.33. The average Bonchev–Trinajstić information content (AvgIpc) is 3.11. The SMILES string of the molecule is O=C1C=CC(=O)N1CCCOCCOCCOCCN1C(=O)C=CC1=O. The monoisotopic (exact) mass is 366 g/mol. The fraction of sp³-hybridized carbons (Fsp3) is 0.529. The lowest BCUT2D eigenvalue weighted by atomic mass is 10.4. The smallest absolute Gasteiger partial charge is 0.253 e. The number of rotatable bonds is 13. The lowest BCUT2D eigenvalue weighted by molar-refractivity contribution is -0.139. The van der Waals surface area contributed by atoms with Crippen LogP contribution in [0.5, 0.6) is 0 Å². The summed E-state index contributed by atoms with van der Waals surface area (Å²) < 4.78 is 16.0. The van der Waals surface area contributed by atoms with Crippen LogP contribution in [0.2, 0.25) is 0 Å². The maximum atomic E-state index is 11.3. The van der Waals surface area contributed by atoms with Crippen LogP contribution in [-0.4, -0.2) is 86.2 Å². The van der Waals surface area contributed by atoms with Gasteiger partial charge in [0, 0.05) is 37.5 Å². The lowest BCUT2D eigenvalue weighted by Gasteiger charge is -2.14. The molecule has 0 radical (unpaired) electrons. The minimum absolute atomic E-state index is 0.228. The highest BCUT2D eigenvalue weighted by atomic mass is 16.5. The van der Waals surface area contributed by atoms with Crippen LogP contribution in [0.1, 0.15) is 6.42 Å². The molecule has 0 unspecified atom stereocenters. The predicted molar refractivity (Wildman–Crippen MR) is 88.8 cm³/mol. The summed E-state index contributed by atoms with van der Waals surface area (Å²) in [5, 5.41) is 0. The quantitative estimate of drug-likeness (QED) is 0.313. The number of nitrogens with zero attached hydrogens (tertiary/aromatic N) is 2. The molecule has 0 aliphatic carbocycles. The van der Waals surface area contributed by atoms with Gasteiger partial charge in [0.25, 0.3) is 23.6 Å². The number of imide groups is 2. The van der Waals surface area contributed by atoms with Gasteiger partial charge in [0.2, 0.25) is 0 Å². The van der Waals surface area contributed by atoms with Gasteiger partial charge in [-0.1, -0.05) is 0 Å². The van der Waals surface area contributed by atoms with Crippen molar-refractivity contribution in [3.8, 4) is 0 Å². The highest BCUT2D eigenvalue weighted by molar-refractivity contribution is 6.13. The molecule has 2 aliphatic heterocycles. The van der Waals surface area contributed by atoms with E-state index in [2.05, 4.69) is 0 Å². The van der Waals surface area contributed by atoms with Crippen LogP contribution in [0.15, 0.2) is 24.3 Å². The minimum Gasteiger partial charge on any atom is -0.379 e. The maximum absolute atomic E-state index is 11.3. The van der Waals surface area contributed by atoms with Gasteiger partial charge in [0.05, 0.1) is 39.6 Å². The molecule has 9 nitrogen and oxygen atoms in total. The van der Waals surface area contributed by atoms with Crippen molar-refractivity contribution < 1.29 is 33.4 Å². The number of hydrogen-bond donors (Lipinski definition) is 0. The molecule has 0 aromatic rings. The molecule has 2 heterocycles. The van der Waals surface area contributed by atoms with Crippen LogP contribution >= 0.6 is 0 Å². The Balaban J connectivity index is 1.34. The number of amides is 4. The van der Waals surface area contributed by atoms with E-state index in [-0.39, 0.29) is 36.8 Å². The first kappa shape index (κ1) is 20.0. The van der Waals surface area contributed by atoms with Crippen molar-refractivity contribution in [1.82, 2.24) is 9.80 Å². The van der Waals surface area contributed by atoms with Crippen LogP contribution < -0.4 is 0 Å². The Hall–Kier alpha value is -2.36. The normalized spacial score (nSPS) is 16.6. The summed E-state index contributed by atoms with van der Waals surface area (Å²) in [6.45, 7) is 2.82. The molecule has 0 bridgehead atoms. The van der Waals surface area contributed by atoms with E-state index in [1.54, 1.807) is 0 Å². The zero-order valence-electron chi connectivity index (χ0n) is 14.4. The maximum Gasteiger partial charge on any atom is 0.253 e. The van der Waals surface area contributed by atoms with E-state index in [1.165, 1.54) is 29.2 Å². The Morgan fingerprint density at radius 3 is 1.42 bits per heavy atom. The van der Waals surface area contributed by atoms with Gasteiger partial charge in [-0.3, -0.25) is 29.0 Å². The summed E-state index contributed by atoms with van der Waals surface area (Å²) in [6, 6.07) is 0. The third kappa shape index (κ3) is 6.17. The first-order valence-corrected chi connectivity index (χ1v) is 8.40. The number of carbonyl (C=O) groups is 4. The van der Waals surface area contributed by atoms with E-state index in [1.807, 2.05) is 0 Å². The second-order valence-electron chi connectivity index (χ2n) is 5.51. The van der Waals surface area contributed by atoms with E-state index < -0.39 is 0 Å². The van der Waals surface area contributed by atoms with Crippen molar-refractivity contribution in [2.24, 2.45) is 0 Å². The first-order chi connectivity index (χ1) is 12.6. The van der Waals surface area contributed by atoms with Crippen molar-refractivity contribution >= 4 is 23.6 Å². The number of ether oxygens (including phenoxy) is 3. The van der Waals surface area contributed by atoms with Gasteiger partial charge in [0.1, 0.15) is 0 Å². The third-order valence-corrected chi connectivity index (χ3v) is 3.67. The van der Waals surface area contributed by atoms with Gasteiger partial charge in [-0.05, 0) is 6.42 Å². The van der Waals surface area contributed by atoms with Crippen molar-refractivity contribution in [3.63, 3.8) is 0 Å². The van der Waals surface area contributed by atoms with Crippen LogP contribution in [0, 0.1) is 0 Å². The van der Waals surface area contributed by atoms with Crippen LogP contribution in [-0.2, 0) is 33.4 Å². The van der Waals surface area contributed by atoms with Gasteiger partial charge < -0.3 is 14.2 Å².